The normalized spacial score (nSPS) is 10.8. The van der Waals surface area contributed by atoms with Crippen molar-refractivity contribution in [2.24, 2.45) is 0 Å². The maximum atomic E-state index is 11.8. The minimum atomic E-state index is -0.0124. The lowest BCUT2D eigenvalue weighted by molar-refractivity contribution is 0.0914. The lowest BCUT2D eigenvalue weighted by Crippen LogP contribution is -2.10. The Morgan fingerprint density at radius 3 is 3.00 bits per heavy atom. The van der Waals surface area contributed by atoms with Crippen molar-refractivity contribution in [2.75, 3.05) is 0 Å². The van der Waals surface area contributed by atoms with Gasteiger partial charge in [-0.3, -0.25) is 9.36 Å². The molecule has 0 spiro atoms. The highest BCUT2D eigenvalue weighted by Crippen LogP contribution is 2.21. The van der Waals surface area contributed by atoms with E-state index < -0.39 is 0 Å². The first kappa shape index (κ1) is 10.2. The predicted octanol–water partition coefficient (Wildman–Crippen LogP) is 2.38. The molecule has 0 bridgehead atoms. The Morgan fingerprint density at radius 2 is 2.24 bits per heavy atom. The molecule has 2 aromatic heterocycles. The number of rotatable bonds is 2. The van der Waals surface area contributed by atoms with Gasteiger partial charge in [-0.25, -0.2) is 9.97 Å². The van der Waals surface area contributed by atoms with Crippen LogP contribution in [0.2, 0.25) is 0 Å². The maximum absolute atomic E-state index is 11.8. The van der Waals surface area contributed by atoms with Crippen molar-refractivity contribution >= 4 is 27.5 Å². The summed E-state index contributed by atoms with van der Waals surface area (Å²) in [5.41, 5.74) is 0.950. The van der Waals surface area contributed by atoms with E-state index in [1.54, 1.807) is 23.7 Å². The first-order valence-electron chi connectivity index (χ1n) is 5.18. The first-order chi connectivity index (χ1) is 8.33. The summed E-state index contributed by atoms with van der Waals surface area (Å²) in [7, 11) is 0. The van der Waals surface area contributed by atoms with Gasteiger partial charge in [0.15, 0.2) is 0 Å². The molecule has 1 aromatic carbocycles. The van der Waals surface area contributed by atoms with E-state index in [9.17, 15) is 4.79 Å². The Labute approximate surface area is 102 Å². The van der Waals surface area contributed by atoms with Crippen LogP contribution in [0.1, 0.15) is 9.80 Å². The first-order valence-corrected chi connectivity index (χ1v) is 6.00. The van der Waals surface area contributed by atoms with Crippen LogP contribution in [0.4, 0.5) is 0 Å². The molecular formula is C12H9N3OS. The third-order valence-electron chi connectivity index (χ3n) is 2.43. The molecule has 0 saturated carbocycles. The van der Waals surface area contributed by atoms with Crippen molar-refractivity contribution in [2.45, 2.75) is 6.42 Å². The van der Waals surface area contributed by atoms with Gasteiger partial charge in [-0.2, -0.15) is 0 Å². The van der Waals surface area contributed by atoms with Gasteiger partial charge in [0.2, 0.25) is 5.91 Å². The lowest BCUT2D eigenvalue weighted by Gasteiger charge is -1.96. The molecule has 5 heteroatoms. The number of aromatic nitrogens is 3. The van der Waals surface area contributed by atoms with E-state index in [1.807, 2.05) is 24.3 Å². The molecule has 17 heavy (non-hydrogen) atoms. The lowest BCUT2D eigenvalue weighted by atomic mass is 10.3. The molecule has 0 saturated heterocycles. The van der Waals surface area contributed by atoms with Crippen molar-refractivity contribution in [3.05, 3.63) is 48.0 Å². The molecule has 0 aliphatic rings. The molecule has 0 atom stereocenters. The summed E-state index contributed by atoms with van der Waals surface area (Å²) < 4.78 is 2.59. The zero-order valence-corrected chi connectivity index (χ0v) is 9.72. The highest BCUT2D eigenvalue weighted by molar-refractivity contribution is 7.18. The Balaban J connectivity index is 1.88. The van der Waals surface area contributed by atoms with Gasteiger partial charge in [-0.1, -0.05) is 12.1 Å². The van der Waals surface area contributed by atoms with Crippen molar-refractivity contribution in [3.8, 4) is 0 Å². The minimum Gasteiger partial charge on any atom is -0.276 e. The monoisotopic (exact) mass is 243 g/mol. The molecule has 2 heterocycles. The predicted molar refractivity (Wildman–Crippen MR) is 66.2 cm³/mol. The van der Waals surface area contributed by atoms with Crippen LogP contribution in [-0.2, 0) is 6.42 Å². The number of carbonyl (C=O) groups is 1. The van der Waals surface area contributed by atoms with Crippen LogP contribution < -0.4 is 0 Å². The van der Waals surface area contributed by atoms with Gasteiger partial charge in [0.05, 0.1) is 16.6 Å². The Kier molecular flexibility index (Phi) is 2.45. The van der Waals surface area contributed by atoms with Crippen molar-refractivity contribution in [1.82, 2.24) is 14.5 Å². The fourth-order valence-electron chi connectivity index (χ4n) is 1.62. The smallest absolute Gasteiger partial charge is 0.238 e. The second kappa shape index (κ2) is 4.10. The van der Waals surface area contributed by atoms with Crippen molar-refractivity contribution in [3.63, 3.8) is 0 Å². The number of thiazole rings is 1. The highest BCUT2D eigenvalue weighted by Gasteiger charge is 2.09. The molecule has 3 aromatic rings. The van der Waals surface area contributed by atoms with Crippen LogP contribution in [0, 0.1) is 0 Å². The number of imidazole rings is 1. The number of benzene rings is 1. The summed E-state index contributed by atoms with van der Waals surface area (Å²) in [6.07, 6.45) is 5.07. The van der Waals surface area contributed by atoms with Crippen LogP contribution >= 0.6 is 11.3 Å². The minimum absolute atomic E-state index is 0.0124. The molecule has 0 N–H and O–H groups in total. The maximum Gasteiger partial charge on any atom is 0.238 e. The standard InChI is InChI=1S/C12H9N3OS/c16-12(15-6-5-13-8-15)7-11-14-9-3-1-2-4-10(9)17-11/h1-6,8H,7H2. The van der Waals surface area contributed by atoms with E-state index in [0.717, 1.165) is 15.2 Å². The van der Waals surface area contributed by atoms with Crippen LogP contribution in [0.25, 0.3) is 10.2 Å². The van der Waals surface area contributed by atoms with Gasteiger partial charge in [-0.05, 0) is 12.1 Å². The Bertz CT molecular complexity index is 624. The number of hydrogen-bond acceptors (Lipinski definition) is 4. The summed E-state index contributed by atoms with van der Waals surface area (Å²) in [4.78, 5) is 20.1. The van der Waals surface area contributed by atoms with E-state index in [0.29, 0.717) is 6.42 Å². The summed E-state index contributed by atoms with van der Waals surface area (Å²) in [5, 5.41) is 0.838. The largest absolute Gasteiger partial charge is 0.276 e. The number of nitrogens with zero attached hydrogens (tertiary/aromatic N) is 3. The SMILES string of the molecule is O=C(Cc1nc2ccccc2s1)n1ccnc1. The van der Waals surface area contributed by atoms with Gasteiger partial charge in [0.1, 0.15) is 11.3 Å². The van der Waals surface area contributed by atoms with Gasteiger partial charge < -0.3 is 0 Å². The summed E-state index contributed by atoms with van der Waals surface area (Å²) >= 11 is 1.56. The van der Waals surface area contributed by atoms with E-state index in [4.69, 9.17) is 0 Å². The molecule has 4 nitrogen and oxygen atoms in total. The number of para-hydroxylation sites is 1. The van der Waals surface area contributed by atoms with Gasteiger partial charge >= 0.3 is 0 Å². The molecule has 0 aliphatic carbocycles. The van der Waals surface area contributed by atoms with Gasteiger partial charge in [0, 0.05) is 12.4 Å². The third kappa shape index (κ3) is 1.97. The molecule has 0 unspecified atom stereocenters. The molecule has 0 radical (unpaired) electrons. The van der Waals surface area contributed by atoms with E-state index >= 15 is 0 Å². The molecule has 0 fully saturated rings. The zero-order valence-electron chi connectivity index (χ0n) is 8.91. The average molecular weight is 243 g/mol. The quantitative estimate of drug-likeness (QED) is 0.694. The fraction of sp³-hybridized carbons (Fsp3) is 0.0833. The summed E-state index contributed by atoms with van der Waals surface area (Å²) in [6.45, 7) is 0. The van der Waals surface area contributed by atoms with Crippen LogP contribution in [0.3, 0.4) is 0 Å². The van der Waals surface area contributed by atoms with Crippen LogP contribution in [-0.4, -0.2) is 20.4 Å². The third-order valence-corrected chi connectivity index (χ3v) is 3.47. The molecule has 0 amide bonds. The van der Waals surface area contributed by atoms with E-state index in [2.05, 4.69) is 9.97 Å². The van der Waals surface area contributed by atoms with Gasteiger partial charge in [-0.15, -0.1) is 11.3 Å². The Hall–Kier alpha value is -2.01. The summed E-state index contributed by atoms with van der Waals surface area (Å²) in [6, 6.07) is 7.89. The molecular weight excluding hydrogens is 234 g/mol. The number of hydrogen-bond donors (Lipinski definition) is 0. The topological polar surface area (TPSA) is 47.8 Å². The van der Waals surface area contributed by atoms with Crippen LogP contribution in [0.5, 0.6) is 0 Å². The number of carbonyl (C=O) groups excluding carboxylic acids is 1. The van der Waals surface area contributed by atoms with E-state index in [-0.39, 0.29) is 5.91 Å². The highest BCUT2D eigenvalue weighted by atomic mass is 32.1. The average Bonchev–Trinajstić information content (AvgIpc) is 2.97. The van der Waals surface area contributed by atoms with Crippen molar-refractivity contribution in [1.29, 1.82) is 0 Å². The van der Waals surface area contributed by atoms with Crippen LogP contribution in [0.15, 0.2) is 43.0 Å². The molecule has 0 aliphatic heterocycles. The fourth-order valence-corrected chi connectivity index (χ4v) is 2.58. The number of fused-ring (bicyclic) bond motifs is 1. The van der Waals surface area contributed by atoms with E-state index in [1.165, 1.54) is 10.9 Å². The second-order valence-electron chi connectivity index (χ2n) is 3.62. The molecule has 84 valence electrons. The second-order valence-corrected chi connectivity index (χ2v) is 4.73. The summed E-state index contributed by atoms with van der Waals surface area (Å²) in [5.74, 6) is -0.0124. The van der Waals surface area contributed by atoms with Gasteiger partial charge in [0.25, 0.3) is 0 Å². The van der Waals surface area contributed by atoms with Crippen molar-refractivity contribution < 1.29 is 4.79 Å². The zero-order chi connectivity index (χ0) is 11.7. The molecule has 3 rings (SSSR count). The Morgan fingerprint density at radius 1 is 1.35 bits per heavy atom.